The van der Waals surface area contributed by atoms with Crippen molar-refractivity contribution in [2.75, 3.05) is 25.6 Å². The van der Waals surface area contributed by atoms with Gasteiger partial charge in [0.05, 0.1) is 25.9 Å². The van der Waals surface area contributed by atoms with Crippen LogP contribution in [-0.2, 0) is 4.74 Å². The summed E-state index contributed by atoms with van der Waals surface area (Å²) in [6.07, 6.45) is 4.59. The highest BCUT2D eigenvalue weighted by Crippen LogP contribution is 2.24. The van der Waals surface area contributed by atoms with Crippen LogP contribution in [0.15, 0.2) is 22.7 Å². The van der Waals surface area contributed by atoms with Crippen LogP contribution in [0, 0.1) is 0 Å². The number of nitrogens with one attached hydrogen (secondary N) is 1. The molecule has 2 N–H and O–H groups in total. The van der Waals surface area contributed by atoms with Crippen molar-refractivity contribution in [3.8, 4) is 5.75 Å². The Hall–Kier alpha value is -0.780. The molecule has 0 spiro atoms. The van der Waals surface area contributed by atoms with Gasteiger partial charge in [-0.15, -0.1) is 0 Å². The Balaban J connectivity index is 1.74. The summed E-state index contributed by atoms with van der Waals surface area (Å²) in [6, 6.07) is 5.74. The van der Waals surface area contributed by atoms with Gasteiger partial charge < -0.3 is 19.9 Å². The number of benzene rings is 1. The van der Waals surface area contributed by atoms with Gasteiger partial charge in [0.2, 0.25) is 0 Å². The van der Waals surface area contributed by atoms with Gasteiger partial charge in [0.15, 0.2) is 0 Å². The zero-order chi connectivity index (χ0) is 14.4. The van der Waals surface area contributed by atoms with Crippen molar-refractivity contribution in [3.05, 3.63) is 22.7 Å². The van der Waals surface area contributed by atoms with E-state index in [1.54, 1.807) is 7.11 Å². The van der Waals surface area contributed by atoms with E-state index in [4.69, 9.17) is 9.47 Å². The number of methoxy groups -OCH3 is 1. The maximum absolute atomic E-state index is 9.94. The summed E-state index contributed by atoms with van der Waals surface area (Å²) in [6.45, 7) is 0.856. The van der Waals surface area contributed by atoms with Gasteiger partial charge in [-0.3, -0.25) is 0 Å². The lowest BCUT2D eigenvalue weighted by molar-refractivity contribution is -0.00117. The van der Waals surface area contributed by atoms with Crippen LogP contribution >= 0.6 is 15.9 Å². The first-order chi connectivity index (χ1) is 9.67. The number of ether oxygens (including phenoxy) is 2. The van der Waals surface area contributed by atoms with Crippen molar-refractivity contribution in [1.29, 1.82) is 0 Å². The van der Waals surface area contributed by atoms with Gasteiger partial charge in [-0.25, -0.2) is 0 Å². The molecule has 1 unspecified atom stereocenters. The molecule has 1 aromatic carbocycles. The van der Waals surface area contributed by atoms with Gasteiger partial charge in [0.1, 0.15) is 5.75 Å². The first-order valence-corrected chi connectivity index (χ1v) is 7.85. The molecular formula is C15H22BrNO3. The quantitative estimate of drug-likeness (QED) is 0.798. The molecule has 1 aliphatic rings. The smallest absolute Gasteiger partial charge is 0.122 e. The van der Waals surface area contributed by atoms with Crippen molar-refractivity contribution in [1.82, 2.24) is 0 Å². The first-order valence-electron chi connectivity index (χ1n) is 7.05. The third-order valence-corrected chi connectivity index (χ3v) is 3.93. The number of hydrogen-bond acceptors (Lipinski definition) is 4. The summed E-state index contributed by atoms with van der Waals surface area (Å²) in [7, 11) is 1.63. The molecule has 1 fully saturated rings. The number of rotatable bonds is 7. The lowest BCUT2D eigenvalue weighted by Crippen LogP contribution is -2.27. The van der Waals surface area contributed by atoms with Crippen LogP contribution in [0.2, 0.25) is 0 Å². The Kier molecular flexibility index (Phi) is 6.13. The van der Waals surface area contributed by atoms with E-state index in [-0.39, 0.29) is 0 Å². The Morgan fingerprint density at radius 3 is 2.80 bits per heavy atom. The molecule has 0 amide bonds. The molecule has 112 valence electrons. The average Bonchev–Trinajstić information content (AvgIpc) is 2.95. The maximum Gasteiger partial charge on any atom is 0.122 e. The average molecular weight is 344 g/mol. The van der Waals surface area contributed by atoms with E-state index in [0.717, 1.165) is 28.8 Å². The predicted molar refractivity (Wildman–Crippen MR) is 83.4 cm³/mol. The molecule has 0 radical (unpaired) electrons. The minimum Gasteiger partial charge on any atom is -0.497 e. The SMILES string of the molecule is COc1cc(Br)cc(NCC(O)COC2CCCC2)c1. The highest BCUT2D eigenvalue weighted by Gasteiger charge is 2.16. The fourth-order valence-corrected chi connectivity index (χ4v) is 2.85. The molecule has 1 saturated carbocycles. The van der Waals surface area contributed by atoms with E-state index < -0.39 is 6.10 Å². The minimum atomic E-state index is -0.499. The normalized spacial score (nSPS) is 17.1. The number of aliphatic hydroxyl groups excluding tert-OH is 1. The van der Waals surface area contributed by atoms with Crippen LogP contribution in [-0.4, -0.2) is 37.6 Å². The number of halogens is 1. The minimum absolute atomic E-state index is 0.343. The molecule has 2 rings (SSSR count). The second-order valence-corrected chi connectivity index (χ2v) is 6.07. The van der Waals surface area contributed by atoms with E-state index in [9.17, 15) is 5.11 Å². The van der Waals surface area contributed by atoms with Gasteiger partial charge in [-0.05, 0) is 25.0 Å². The molecule has 1 aromatic rings. The molecule has 1 aliphatic carbocycles. The standard InChI is InChI=1S/C15H22BrNO3/c1-19-15-7-11(16)6-12(8-15)17-9-13(18)10-20-14-4-2-3-5-14/h6-8,13-14,17-18H,2-5,9-10H2,1H3. The third-order valence-electron chi connectivity index (χ3n) is 3.48. The monoisotopic (exact) mass is 343 g/mol. The van der Waals surface area contributed by atoms with Crippen LogP contribution in [0.4, 0.5) is 5.69 Å². The summed E-state index contributed by atoms with van der Waals surface area (Å²) in [5.74, 6) is 0.776. The molecule has 1 atom stereocenters. The summed E-state index contributed by atoms with van der Waals surface area (Å²) in [5.41, 5.74) is 0.913. The van der Waals surface area contributed by atoms with Crippen molar-refractivity contribution in [2.24, 2.45) is 0 Å². The maximum atomic E-state index is 9.94. The molecule has 4 nitrogen and oxygen atoms in total. The summed E-state index contributed by atoms with van der Waals surface area (Å²) in [5, 5.41) is 13.1. The van der Waals surface area contributed by atoms with Crippen molar-refractivity contribution >= 4 is 21.6 Å². The van der Waals surface area contributed by atoms with Gasteiger partial charge in [0.25, 0.3) is 0 Å². The van der Waals surface area contributed by atoms with Crippen LogP contribution in [0.1, 0.15) is 25.7 Å². The summed E-state index contributed by atoms with van der Waals surface area (Å²) in [4.78, 5) is 0. The second kappa shape index (κ2) is 7.86. The summed E-state index contributed by atoms with van der Waals surface area (Å²) >= 11 is 3.43. The number of hydrogen-bond donors (Lipinski definition) is 2. The Labute approximate surface area is 128 Å². The summed E-state index contributed by atoms with van der Waals surface area (Å²) < 4.78 is 11.8. The van der Waals surface area contributed by atoms with Crippen LogP contribution in [0.25, 0.3) is 0 Å². The van der Waals surface area contributed by atoms with E-state index in [2.05, 4.69) is 21.2 Å². The Morgan fingerprint density at radius 1 is 1.35 bits per heavy atom. The van der Waals surface area contributed by atoms with E-state index in [1.165, 1.54) is 12.8 Å². The number of anilines is 1. The first kappa shape index (κ1) is 15.6. The zero-order valence-electron chi connectivity index (χ0n) is 11.8. The molecule has 5 heteroatoms. The fourth-order valence-electron chi connectivity index (χ4n) is 2.38. The van der Waals surface area contributed by atoms with E-state index >= 15 is 0 Å². The molecule has 0 heterocycles. The molecule has 0 bridgehead atoms. The fraction of sp³-hybridized carbons (Fsp3) is 0.600. The van der Waals surface area contributed by atoms with E-state index in [0.29, 0.717) is 19.3 Å². The second-order valence-electron chi connectivity index (χ2n) is 5.15. The highest BCUT2D eigenvalue weighted by molar-refractivity contribution is 9.10. The van der Waals surface area contributed by atoms with Gasteiger partial charge >= 0.3 is 0 Å². The third kappa shape index (κ3) is 4.96. The van der Waals surface area contributed by atoms with Crippen LogP contribution in [0.3, 0.4) is 0 Å². The Bertz CT molecular complexity index is 422. The zero-order valence-corrected chi connectivity index (χ0v) is 13.4. The highest BCUT2D eigenvalue weighted by atomic mass is 79.9. The van der Waals surface area contributed by atoms with Gasteiger partial charge in [-0.2, -0.15) is 0 Å². The Morgan fingerprint density at radius 2 is 2.10 bits per heavy atom. The van der Waals surface area contributed by atoms with Gasteiger partial charge in [0, 0.05) is 22.8 Å². The van der Waals surface area contributed by atoms with Crippen molar-refractivity contribution in [3.63, 3.8) is 0 Å². The molecule has 0 saturated heterocycles. The topological polar surface area (TPSA) is 50.7 Å². The van der Waals surface area contributed by atoms with Crippen LogP contribution in [0.5, 0.6) is 5.75 Å². The predicted octanol–water partition coefficient (Wildman–Crippen LogP) is 3.19. The van der Waals surface area contributed by atoms with Gasteiger partial charge in [-0.1, -0.05) is 28.8 Å². The largest absolute Gasteiger partial charge is 0.497 e. The molecule has 20 heavy (non-hydrogen) atoms. The number of aliphatic hydroxyl groups is 1. The molecule has 0 aromatic heterocycles. The van der Waals surface area contributed by atoms with Crippen LogP contribution < -0.4 is 10.1 Å². The van der Waals surface area contributed by atoms with E-state index in [1.807, 2.05) is 18.2 Å². The van der Waals surface area contributed by atoms with Crippen molar-refractivity contribution < 1.29 is 14.6 Å². The molecule has 0 aliphatic heterocycles. The lowest BCUT2D eigenvalue weighted by Gasteiger charge is -2.17. The van der Waals surface area contributed by atoms with Crippen molar-refractivity contribution in [2.45, 2.75) is 37.9 Å². The lowest BCUT2D eigenvalue weighted by atomic mass is 10.2. The molecular weight excluding hydrogens is 322 g/mol.